The molecule has 138 valence electrons. The van der Waals surface area contributed by atoms with Crippen LogP contribution in [0.25, 0.3) is 0 Å². The van der Waals surface area contributed by atoms with Crippen molar-refractivity contribution in [1.29, 1.82) is 0 Å². The normalized spacial score (nSPS) is 12.0. The van der Waals surface area contributed by atoms with Crippen molar-refractivity contribution in [2.75, 3.05) is 20.1 Å². The monoisotopic (exact) mass is 384 g/mol. The third-order valence-corrected chi connectivity index (χ3v) is 4.88. The third kappa shape index (κ3) is 5.99. The molecule has 0 bridgehead atoms. The lowest BCUT2D eigenvalue weighted by Gasteiger charge is -2.29. The van der Waals surface area contributed by atoms with Crippen LogP contribution in [0.4, 0.5) is 8.78 Å². The van der Waals surface area contributed by atoms with Gasteiger partial charge in [-0.1, -0.05) is 26.0 Å². The second-order valence-electron chi connectivity index (χ2n) is 6.24. The number of carbonyl (C=O) groups is 1. The topological polar surface area (TPSA) is 80.5 Å². The van der Waals surface area contributed by atoms with Crippen LogP contribution < -0.4 is 5.73 Å². The zero-order valence-corrected chi connectivity index (χ0v) is 15.5. The summed E-state index contributed by atoms with van der Waals surface area (Å²) in [4.78, 5) is 13.2. The van der Waals surface area contributed by atoms with Crippen molar-refractivity contribution in [3.05, 3.63) is 29.8 Å². The number of sulfone groups is 1. The molecule has 0 atom stereocenters. The lowest BCUT2D eigenvalue weighted by Crippen LogP contribution is -2.40. The molecule has 1 aromatic carbocycles. The Bertz CT molecular complexity index is 649. The van der Waals surface area contributed by atoms with Crippen LogP contribution in [0.3, 0.4) is 0 Å². The molecule has 1 aromatic rings. The van der Waals surface area contributed by atoms with Crippen molar-refractivity contribution in [1.82, 2.24) is 4.90 Å². The number of amides is 1. The minimum Gasteiger partial charge on any atom is -0.345 e. The van der Waals surface area contributed by atoms with Gasteiger partial charge in [-0.2, -0.15) is 8.78 Å². The van der Waals surface area contributed by atoms with E-state index in [9.17, 15) is 22.0 Å². The fraction of sp³-hybridized carbons (Fsp3) is 0.533. The summed E-state index contributed by atoms with van der Waals surface area (Å²) in [5, 5.41) is 0. The molecule has 1 rings (SSSR count). The summed E-state index contributed by atoms with van der Waals surface area (Å²) in [5.74, 6) is -3.62. The van der Waals surface area contributed by atoms with Gasteiger partial charge in [0.15, 0.2) is 0 Å². The van der Waals surface area contributed by atoms with Crippen molar-refractivity contribution in [3.8, 4) is 0 Å². The molecular formula is C15H23ClF2N2O3S. The molecule has 0 spiro atoms. The fourth-order valence-corrected chi connectivity index (χ4v) is 2.73. The van der Waals surface area contributed by atoms with Gasteiger partial charge in [-0.25, -0.2) is 8.42 Å². The van der Waals surface area contributed by atoms with E-state index in [2.05, 4.69) is 0 Å². The van der Waals surface area contributed by atoms with Gasteiger partial charge < -0.3 is 10.6 Å². The van der Waals surface area contributed by atoms with Gasteiger partial charge >= 0.3 is 5.76 Å². The number of alkyl halides is 2. The summed E-state index contributed by atoms with van der Waals surface area (Å²) < 4.78 is 47.5. The first kappa shape index (κ1) is 22.8. The second-order valence-corrected chi connectivity index (χ2v) is 8.16. The van der Waals surface area contributed by atoms with Crippen LogP contribution in [-0.2, 0) is 21.1 Å². The van der Waals surface area contributed by atoms with Crippen LogP contribution >= 0.6 is 12.4 Å². The highest BCUT2D eigenvalue weighted by Gasteiger charge is 2.26. The molecule has 0 saturated carbocycles. The molecule has 0 aliphatic carbocycles. The summed E-state index contributed by atoms with van der Waals surface area (Å²) in [5.41, 5.74) is 5.98. The highest BCUT2D eigenvalue weighted by Crippen LogP contribution is 2.19. The Balaban J connectivity index is 0.00000529. The standard InChI is InChI=1S/C15H22F2N2O3S.ClH/c1-15(2,9-18)10-19(3)13(20)8-11-4-6-12(7-5-11)23(21,22)14(16)17;/h4-7,14H,8-10,18H2,1-3H3;1H. The molecule has 2 N–H and O–H groups in total. The third-order valence-electron chi connectivity index (χ3n) is 3.49. The Hall–Kier alpha value is -1.25. The molecule has 0 unspecified atom stereocenters. The van der Waals surface area contributed by atoms with Gasteiger partial charge in [0.05, 0.1) is 11.3 Å². The van der Waals surface area contributed by atoms with Crippen molar-refractivity contribution in [2.24, 2.45) is 11.1 Å². The molecule has 0 fully saturated rings. The number of halogens is 3. The number of hydrogen-bond acceptors (Lipinski definition) is 4. The summed E-state index contributed by atoms with van der Waals surface area (Å²) in [7, 11) is -2.95. The molecule has 0 aliphatic heterocycles. The van der Waals surface area contributed by atoms with E-state index in [4.69, 9.17) is 5.73 Å². The van der Waals surface area contributed by atoms with E-state index in [-0.39, 0.29) is 30.2 Å². The van der Waals surface area contributed by atoms with Gasteiger partial charge in [0.25, 0.3) is 0 Å². The van der Waals surface area contributed by atoms with E-state index in [1.807, 2.05) is 13.8 Å². The summed E-state index contributed by atoms with van der Waals surface area (Å²) in [6.07, 6.45) is 0.0617. The van der Waals surface area contributed by atoms with Crippen LogP contribution in [0.5, 0.6) is 0 Å². The Morgan fingerprint density at radius 2 is 1.75 bits per heavy atom. The molecule has 0 heterocycles. The van der Waals surface area contributed by atoms with E-state index in [1.165, 1.54) is 12.1 Å². The molecule has 9 heteroatoms. The van der Waals surface area contributed by atoms with E-state index < -0.39 is 20.5 Å². The number of likely N-dealkylation sites (N-methyl/N-ethyl adjacent to an activating group) is 1. The number of nitrogens with two attached hydrogens (primary N) is 1. The first-order valence-corrected chi connectivity index (χ1v) is 8.59. The highest BCUT2D eigenvalue weighted by atomic mass is 35.5. The van der Waals surface area contributed by atoms with Crippen LogP contribution in [0.1, 0.15) is 19.4 Å². The minimum absolute atomic E-state index is 0. The molecule has 0 saturated heterocycles. The first-order valence-electron chi connectivity index (χ1n) is 7.04. The first-order chi connectivity index (χ1) is 10.5. The summed E-state index contributed by atoms with van der Waals surface area (Å²) in [6.45, 7) is 4.81. The van der Waals surface area contributed by atoms with Gasteiger partial charge in [0, 0.05) is 13.6 Å². The maximum atomic E-state index is 12.4. The van der Waals surface area contributed by atoms with Gasteiger partial charge in [-0.15, -0.1) is 12.4 Å². The van der Waals surface area contributed by atoms with Crippen LogP contribution in [0, 0.1) is 5.41 Å². The van der Waals surface area contributed by atoms with Crippen LogP contribution in [0.2, 0.25) is 0 Å². The van der Waals surface area contributed by atoms with E-state index in [0.29, 0.717) is 18.7 Å². The average molecular weight is 385 g/mol. The summed E-state index contributed by atoms with van der Waals surface area (Å²) in [6, 6.07) is 4.92. The van der Waals surface area contributed by atoms with Gasteiger partial charge in [0.2, 0.25) is 15.7 Å². The SMILES string of the molecule is CN(CC(C)(C)CN)C(=O)Cc1ccc(S(=O)(=O)C(F)F)cc1.Cl. The quantitative estimate of drug-likeness (QED) is 0.780. The van der Waals surface area contributed by atoms with E-state index >= 15 is 0 Å². The molecule has 0 radical (unpaired) electrons. The lowest BCUT2D eigenvalue weighted by molar-refractivity contribution is -0.130. The molecule has 24 heavy (non-hydrogen) atoms. The number of hydrogen-bond donors (Lipinski definition) is 1. The average Bonchev–Trinajstić information content (AvgIpc) is 2.47. The fourth-order valence-electron chi connectivity index (χ4n) is 2.00. The van der Waals surface area contributed by atoms with Crippen molar-refractivity contribution in [2.45, 2.75) is 30.9 Å². The van der Waals surface area contributed by atoms with Crippen LogP contribution in [0.15, 0.2) is 29.2 Å². The van der Waals surface area contributed by atoms with Gasteiger partial charge in [-0.05, 0) is 29.7 Å². The lowest BCUT2D eigenvalue weighted by atomic mass is 9.93. The van der Waals surface area contributed by atoms with E-state index in [0.717, 1.165) is 12.1 Å². The smallest absolute Gasteiger partial charge is 0.341 e. The zero-order valence-electron chi connectivity index (χ0n) is 13.8. The molecule has 1 amide bonds. The molecular weight excluding hydrogens is 362 g/mol. The van der Waals surface area contributed by atoms with Crippen molar-refractivity contribution in [3.63, 3.8) is 0 Å². The number of benzene rings is 1. The summed E-state index contributed by atoms with van der Waals surface area (Å²) >= 11 is 0. The Morgan fingerprint density at radius 3 is 2.17 bits per heavy atom. The second kappa shape index (κ2) is 8.73. The number of rotatable bonds is 7. The Labute approximate surface area is 147 Å². The Kier molecular flexibility index (Phi) is 8.28. The Morgan fingerprint density at radius 1 is 1.25 bits per heavy atom. The van der Waals surface area contributed by atoms with Gasteiger partial charge in [0.1, 0.15) is 0 Å². The number of carbonyl (C=O) groups excluding carboxylic acids is 1. The number of nitrogens with zero attached hydrogens (tertiary/aromatic N) is 1. The maximum absolute atomic E-state index is 12.4. The largest absolute Gasteiger partial charge is 0.345 e. The van der Waals surface area contributed by atoms with Crippen molar-refractivity contribution < 1.29 is 22.0 Å². The van der Waals surface area contributed by atoms with Crippen molar-refractivity contribution >= 4 is 28.2 Å². The maximum Gasteiger partial charge on any atom is 0.341 e. The molecule has 5 nitrogen and oxygen atoms in total. The highest BCUT2D eigenvalue weighted by molar-refractivity contribution is 7.91. The zero-order chi connectivity index (χ0) is 17.8. The van der Waals surface area contributed by atoms with E-state index in [1.54, 1.807) is 11.9 Å². The minimum atomic E-state index is -4.61. The van der Waals surface area contributed by atoms with Gasteiger partial charge in [-0.3, -0.25) is 4.79 Å². The molecule has 0 aliphatic rings. The predicted octanol–water partition coefficient (Wildman–Crippen LogP) is 2.09. The van der Waals surface area contributed by atoms with Crippen LogP contribution in [-0.4, -0.2) is 45.1 Å². The predicted molar refractivity (Wildman–Crippen MR) is 91.1 cm³/mol. The molecule has 0 aromatic heterocycles.